The fourth-order valence-corrected chi connectivity index (χ4v) is 4.49. The fourth-order valence-electron chi connectivity index (χ4n) is 3.47. The maximum Gasteiger partial charge on any atom is 0.257 e. The lowest BCUT2D eigenvalue weighted by molar-refractivity contribution is -0.114. The fraction of sp³-hybridized carbons (Fsp3) is 0.200. The summed E-state index contributed by atoms with van der Waals surface area (Å²) in [6.45, 7) is 1.32. The van der Waals surface area contributed by atoms with Gasteiger partial charge in [0.15, 0.2) is 11.5 Å². The second-order valence-electron chi connectivity index (χ2n) is 7.84. The highest BCUT2D eigenvalue weighted by molar-refractivity contribution is 7.92. The molecule has 0 aromatic heterocycles. The number of amides is 2. The van der Waals surface area contributed by atoms with Gasteiger partial charge in [-0.1, -0.05) is 29.8 Å². The molecule has 0 spiro atoms. The largest absolute Gasteiger partial charge is 0.493 e. The monoisotopic (exact) mass is 531 g/mol. The number of carbonyl (C=O) groups is 2. The number of methoxy groups -OCH3 is 2. The third-order valence-electron chi connectivity index (χ3n) is 5.10. The minimum absolute atomic E-state index is 0.0389. The van der Waals surface area contributed by atoms with Crippen molar-refractivity contribution in [2.75, 3.05) is 35.4 Å². The van der Waals surface area contributed by atoms with Crippen molar-refractivity contribution in [3.8, 4) is 11.5 Å². The second kappa shape index (κ2) is 11.3. The smallest absolute Gasteiger partial charge is 0.257 e. The lowest BCUT2D eigenvalue weighted by Crippen LogP contribution is -2.31. The van der Waals surface area contributed by atoms with Gasteiger partial charge in [0.1, 0.15) is 0 Å². The topological polar surface area (TPSA) is 114 Å². The first kappa shape index (κ1) is 26.8. The zero-order valence-corrected chi connectivity index (χ0v) is 21.7. The first-order valence-electron chi connectivity index (χ1n) is 10.7. The minimum Gasteiger partial charge on any atom is -0.493 e. The normalized spacial score (nSPS) is 10.9. The van der Waals surface area contributed by atoms with E-state index in [2.05, 4.69) is 10.6 Å². The van der Waals surface area contributed by atoms with Crippen LogP contribution in [0, 0.1) is 0 Å². The molecule has 3 aromatic carbocycles. The number of sulfonamides is 1. The van der Waals surface area contributed by atoms with Gasteiger partial charge in [-0.15, -0.1) is 0 Å². The van der Waals surface area contributed by atoms with Crippen LogP contribution in [-0.2, 0) is 21.4 Å². The van der Waals surface area contributed by atoms with Crippen molar-refractivity contribution in [1.29, 1.82) is 0 Å². The summed E-state index contributed by atoms with van der Waals surface area (Å²) in [6.07, 6.45) is 1.05. The van der Waals surface area contributed by atoms with Crippen LogP contribution >= 0.6 is 11.6 Å². The summed E-state index contributed by atoms with van der Waals surface area (Å²) in [5, 5.41) is 5.91. The average Bonchev–Trinajstić information content (AvgIpc) is 2.82. The number of nitrogens with zero attached hydrogens (tertiary/aromatic N) is 1. The Morgan fingerprint density at radius 3 is 2.06 bits per heavy atom. The van der Waals surface area contributed by atoms with Crippen LogP contribution in [0.1, 0.15) is 22.8 Å². The molecule has 11 heteroatoms. The number of rotatable bonds is 9. The zero-order valence-electron chi connectivity index (χ0n) is 20.2. The number of benzene rings is 3. The summed E-state index contributed by atoms with van der Waals surface area (Å²) in [5.74, 6) is -0.345. The van der Waals surface area contributed by atoms with Crippen molar-refractivity contribution in [2.45, 2.75) is 13.5 Å². The highest BCUT2D eigenvalue weighted by atomic mass is 35.5. The Kier molecular flexibility index (Phi) is 8.44. The molecule has 2 amide bonds. The molecule has 0 aliphatic rings. The van der Waals surface area contributed by atoms with Gasteiger partial charge in [-0.2, -0.15) is 0 Å². The summed E-state index contributed by atoms with van der Waals surface area (Å²) in [4.78, 5) is 24.8. The van der Waals surface area contributed by atoms with E-state index in [0.29, 0.717) is 22.0 Å². The SMILES string of the molecule is COc1cc(C(=O)Nc2cccc(NC(C)=O)c2)c(N(Cc2ccc(Cl)cc2)S(C)(=O)=O)cc1OC. The van der Waals surface area contributed by atoms with Crippen molar-refractivity contribution in [1.82, 2.24) is 0 Å². The van der Waals surface area contributed by atoms with Crippen molar-refractivity contribution < 1.29 is 27.5 Å². The lowest BCUT2D eigenvalue weighted by Gasteiger charge is -2.26. The van der Waals surface area contributed by atoms with Gasteiger partial charge in [-0.05, 0) is 42.0 Å². The number of hydrogen-bond donors (Lipinski definition) is 2. The highest BCUT2D eigenvalue weighted by Gasteiger charge is 2.27. The van der Waals surface area contributed by atoms with Gasteiger partial charge in [0.05, 0.1) is 38.3 Å². The van der Waals surface area contributed by atoms with Crippen molar-refractivity contribution in [3.63, 3.8) is 0 Å². The van der Waals surface area contributed by atoms with Crippen LogP contribution in [0.25, 0.3) is 0 Å². The maximum atomic E-state index is 13.4. The van der Waals surface area contributed by atoms with E-state index in [1.165, 1.54) is 33.3 Å². The van der Waals surface area contributed by atoms with E-state index in [9.17, 15) is 18.0 Å². The standard InChI is InChI=1S/C25H26ClN3O6S/c1-16(30)27-19-6-5-7-20(12-19)28-25(31)21-13-23(34-2)24(35-3)14-22(21)29(36(4,32)33)15-17-8-10-18(26)11-9-17/h5-14H,15H2,1-4H3,(H,27,30)(H,28,31). The van der Waals surface area contributed by atoms with Crippen molar-refractivity contribution in [2.24, 2.45) is 0 Å². The Labute approximate surface area is 215 Å². The molecule has 0 heterocycles. The van der Waals surface area contributed by atoms with Crippen LogP contribution < -0.4 is 24.4 Å². The molecule has 0 atom stereocenters. The summed E-state index contributed by atoms with van der Waals surface area (Å²) >= 11 is 5.97. The number of anilines is 3. The van der Waals surface area contributed by atoms with Crippen molar-refractivity contribution in [3.05, 3.63) is 76.8 Å². The van der Waals surface area contributed by atoms with Crippen LogP contribution in [0.4, 0.5) is 17.1 Å². The number of hydrogen-bond acceptors (Lipinski definition) is 6. The van der Waals surface area contributed by atoms with Gasteiger partial charge in [0, 0.05) is 29.4 Å². The highest BCUT2D eigenvalue weighted by Crippen LogP contribution is 2.37. The molecule has 36 heavy (non-hydrogen) atoms. The van der Waals surface area contributed by atoms with Crippen LogP contribution in [0.3, 0.4) is 0 Å². The molecule has 0 saturated heterocycles. The third-order valence-corrected chi connectivity index (χ3v) is 6.47. The molecular formula is C25H26ClN3O6S. The van der Waals surface area contributed by atoms with Gasteiger partial charge >= 0.3 is 0 Å². The Balaban J connectivity index is 2.09. The van der Waals surface area contributed by atoms with Crippen LogP contribution in [0.15, 0.2) is 60.7 Å². The number of nitrogens with one attached hydrogen (secondary N) is 2. The molecule has 0 saturated carbocycles. The van der Waals surface area contributed by atoms with Gasteiger partial charge in [0.2, 0.25) is 15.9 Å². The Hall–Kier alpha value is -3.76. The summed E-state index contributed by atoms with van der Waals surface area (Å²) in [6, 6.07) is 16.1. The maximum absolute atomic E-state index is 13.4. The summed E-state index contributed by atoms with van der Waals surface area (Å²) in [7, 11) is -1.01. The van der Waals surface area contributed by atoms with Gasteiger partial charge in [-0.25, -0.2) is 8.42 Å². The number of halogens is 1. The minimum atomic E-state index is -3.84. The predicted molar refractivity (Wildman–Crippen MR) is 141 cm³/mol. The third kappa shape index (κ3) is 6.67. The molecule has 0 fully saturated rings. The van der Waals surface area contributed by atoms with E-state index < -0.39 is 15.9 Å². The first-order chi connectivity index (χ1) is 17.0. The van der Waals surface area contributed by atoms with Crippen LogP contribution in [0.5, 0.6) is 11.5 Å². The first-order valence-corrected chi connectivity index (χ1v) is 12.9. The molecule has 0 bridgehead atoms. The van der Waals surface area contributed by atoms with E-state index >= 15 is 0 Å². The molecule has 0 radical (unpaired) electrons. The molecule has 3 aromatic rings. The molecule has 0 aliphatic heterocycles. The van der Waals surface area contributed by atoms with E-state index in [-0.39, 0.29) is 35.2 Å². The van der Waals surface area contributed by atoms with Gasteiger partial charge < -0.3 is 20.1 Å². The average molecular weight is 532 g/mol. The molecule has 190 valence electrons. The van der Waals surface area contributed by atoms with E-state index in [1.54, 1.807) is 48.5 Å². The Bertz CT molecular complexity index is 1380. The quantitative estimate of drug-likeness (QED) is 0.419. The summed E-state index contributed by atoms with van der Waals surface area (Å²) < 4.78 is 37.6. The van der Waals surface area contributed by atoms with E-state index in [1.807, 2.05) is 0 Å². The molecule has 0 unspecified atom stereocenters. The molecular weight excluding hydrogens is 506 g/mol. The second-order valence-corrected chi connectivity index (χ2v) is 10.2. The van der Waals surface area contributed by atoms with Gasteiger partial charge in [0.25, 0.3) is 5.91 Å². The molecule has 3 rings (SSSR count). The predicted octanol–water partition coefficient (Wildman–Crippen LogP) is 4.53. The van der Waals surface area contributed by atoms with E-state index in [0.717, 1.165) is 10.6 Å². The lowest BCUT2D eigenvalue weighted by atomic mass is 10.1. The molecule has 9 nitrogen and oxygen atoms in total. The zero-order chi connectivity index (χ0) is 26.5. The van der Waals surface area contributed by atoms with Gasteiger partial charge in [-0.3, -0.25) is 13.9 Å². The number of carbonyl (C=O) groups excluding carboxylic acids is 2. The van der Waals surface area contributed by atoms with Crippen LogP contribution in [-0.4, -0.2) is 40.7 Å². The molecule has 2 N–H and O–H groups in total. The van der Waals surface area contributed by atoms with Crippen LogP contribution in [0.2, 0.25) is 5.02 Å². The Morgan fingerprint density at radius 1 is 0.917 bits per heavy atom. The summed E-state index contributed by atoms with van der Waals surface area (Å²) in [5.41, 5.74) is 1.69. The van der Waals surface area contributed by atoms with E-state index in [4.69, 9.17) is 21.1 Å². The molecule has 0 aliphatic carbocycles. The Morgan fingerprint density at radius 2 is 1.50 bits per heavy atom. The van der Waals surface area contributed by atoms with Crippen molar-refractivity contribution >= 4 is 50.5 Å². The number of ether oxygens (including phenoxy) is 2.